The highest BCUT2D eigenvalue weighted by Crippen LogP contribution is 2.28. The number of amides is 1. The SMILES string of the molecule is C=C1C[C@@H](Cc2c[nH]c3cc(F)ccc23)N(C(=O)OCc2ccccc2)C1. The normalized spacial score (nSPS) is 16.9. The standard InChI is InChI=1S/C22H21FN2O2/c1-15-9-19(10-17-12-24-21-11-18(23)7-8-20(17)21)25(13-15)22(26)27-14-16-5-3-2-4-6-16/h2-8,11-12,19,24H,1,9-10,13-14H2/t19-/m0/s1. The smallest absolute Gasteiger partial charge is 0.410 e. The van der Waals surface area contributed by atoms with Crippen LogP contribution in [0.5, 0.6) is 0 Å². The van der Waals surface area contributed by atoms with Crippen molar-refractivity contribution in [3.8, 4) is 0 Å². The van der Waals surface area contributed by atoms with Gasteiger partial charge in [0.25, 0.3) is 0 Å². The Morgan fingerprint density at radius 3 is 2.89 bits per heavy atom. The van der Waals surface area contributed by atoms with Gasteiger partial charge in [-0.2, -0.15) is 0 Å². The van der Waals surface area contributed by atoms with Gasteiger partial charge in [-0.1, -0.05) is 42.5 Å². The maximum atomic E-state index is 13.4. The highest BCUT2D eigenvalue weighted by molar-refractivity contribution is 5.83. The summed E-state index contributed by atoms with van der Waals surface area (Å²) in [5.41, 5.74) is 3.80. The van der Waals surface area contributed by atoms with Crippen molar-refractivity contribution in [3.05, 3.63) is 83.8 Å². The molecule has 1 aliphatic heterocycles. The number of aromatic amines is 1. The highest BCUT2D eigenvalue weighted by Gasteiger charge is 2.32. The molecule has 0 radical (unpaired) electrons. The van der Waals surface area contributed by atoms with Crippen molar-refractivity contribution in [1.29, 1.82) is 0 Å². The minimum absolute atomic E-state index is 0.00942. The van der Waals surface area contributed by atoms with Gasteiger partial charge < -0.3 is 14.6 Å². The molecule has 0 bridgehead atoms. The molecule has 0 aliphatic carbocycles. The Balaban J connectivity index is 1.47. The lowest BCUT2D eigenvalue weighted by atomic mass is 10.0. The summed E-state index contributed by atoms with van der Waals surface area (Å²) in [5, 5.41) is 0.978. The van der Waals surface area contributed by atoms with Crippen molar-refractivity contribution in [1.82, 2.24) is 9.88 Å². The molecule has 3 aromatic rings. The van der Waals surface area contributed by atoms with Crippen molar-refractivity contribution < 1.29 is 13.9 Å². The first kappa shape index (κ1) is 17.3. The van der Waals surface area contributed by atoms with Crippen LogP contribution < -0.4 is 0 Å². The largest absolute Gasteiger partial charge is 0.445 e. The fourth-order valence-corrected chi connectivity index (χ4v) is 3.66. The number of nitrogens with one attached hydrogen (secondary N) is 1. The molecule has 1 aliphatic rings. The number of benzene rings is 2. The third kappa shape index (κ3) is 3.72. The van der Waals surface area contributed by atoms with E-state index in [2.05, 4.69) is 11.6 Å². The van der Waals surface area contributed by atoms with Gasteiger partial charge in [-0.25, -0.2) is 9.18 Å². The molecule has 0 spiro atoms. The van der Waals surface area contributed by atoms with E-state index < -0.39 is 0 Å². The summed E-state index contributed by atoms with van der Waals surface area (Å²) in [6, 6.07) is 14.3. The zero-order valence-electron chi connectivity index (χ0n) is 15.0. The van der Waals surface area contributed by atoms with E-state index in [4.69, 9.17) is 4.74 Å². The number of hydrogen-bond acceptors (Lipinski definition) is 2. The number of fused-ring (bicyclic) bond motifs is 1. The van der Waals surface area contributed by atoms with Gasteiger partial charge in [-0.3, -0.25) is 0 Å². The summed E-state index contributed by atoms with van der Waals surface area (Å²) >= 11 is 0. The second kappa shape index (κ2) is 7.27. The number of rotatable bonds is 4. The summed E-state index contributed by atoms with van der Waals surface area (Å²) in [6.45, 7) is 4.81. The predicted octanol–water partition coefficient (Wildman–Crippen LogP) is 4.82. The monoisotopic (exact) mass is 364 g/mol. The summed E-state index contributed by atoms with van der Waals surface area (Å²) in [4.78, 5) is 17.5. The molecule has 4 rings (SSSR count). The van der Waals surface area contributed by atoms with E-state index in [1.807, 2.05) is 36.5 Å². The van der Waals surface area contributed by atoms with Crippen LogP contribution in [0.15, 0.2) is 66.9 Å². The molecule has 1 saturated heterocycles. The molecule has 0 saturated carbocycles. The van der Waals surface area contributed by atoms with Gasteiger partial charge in [0.15, 0.2) is 0 Å². The van der Waals surface area contributed by atoms with E-state index in [1.165, 1.54) is 12.1 Å². The summed E-state index contributed by atoms with van der Waals surface area (Å²) < 4.78 is 18.9. The van der Waals surface area contributed by atoms with Gasteiger partial charge in [-0.15, -0.1) is 0 Å². The molecule has 138 valence electrons. The molecule has 1 aromatic heterocycles. The first-order chi connectivity index (χ1) is 13.1. The number of halogens is 1. The Morgan fingerprint density at radius 1 is 1.26 bits per heavy atom. The van der Waals surface area contributed by atoms with Gasteiger partial charge in [0.2, 0.25) is 0 Å². The summed E-state index contributed by atoms with van der Waals surface area (Å²) in [7, 11) is 0. The molecular formula is C22H21FN2O2. The van der Waals surface area contributed by atoms with Gasteiger partial charge >= 0.3 is 6.09 Å². The molecule has 1 amide bonds. The van der Waals surface area contributed by atoms with E-state index in [1.54, 1.807) is 11.0 Å². The van der Waals surface area contributed by atoms with Crippen LogP contribution in [0.25, 0.3) is 10.9 Å². The lowest BCUT2D eigenvalue weighted by molar-refractivity contribution is 0.0926. The maximum absolute atomic E-state index is 13.4. The summed E-state index contributed by atoms with van der Waals surface area (Å²) in [5.74, 6) is -0.267. The van der Waals surface area contributed by atoms with Crippen molar-refractivity contribution in [2.24, 2.45) is 0 Å². The molecule has 1 atom stereocenters. The molecule has 5 heteroatoms. The third-order valence-corrected chi connectivity index (χ3v) is 4.98. The molecule has 1 fully saturated rings. The molecule has 0 unspecified atom stereocenters. The number of carbonyl (C=O) groups excluding carboxylic acids is 1. The van der Waals surface area contributed by atoms with Gasteiger partial charge in [-0.05, 0) is 42.2 Å². The van der Waals surface area contributed by atoms with Crippen LogP contribution in [0, 0.1) is 5.82 Å². The lowest BCUT2D eigenvalue weighted by Gasteiger charge is -2.23. The quantitative estimate of drug-likeness (QED) is 0.675. The van der Waals surface area contributed by atoms with Crippen LogP contribution in [-0.2, 0) is 17.8 Å². The van der Waals surface area contributed by atoms with Gasteiger partial charge in [0, 0.05) is 29.7 Å². The Bertz CT molecular complexity index is 980. The van der Waals surface area contributed by atoms with Crippen LogP contribution in [-0.4, -0.2) is 28.6 Å². The number of carbonyl (C=O) groups is 1. The fraction of sp³-hybridized carbons (Fsp3) is 0.227. The van der Waals surface area contributed by atoms with Crippen LogP contribution in [0.4, 0.5) is 9.18 Å². The number of hydrogen-bond donors (Lipinski definition) is 1. The second-order valence-electron chi connectivity index (χ2n) is 6.98. The molecule has 27 heavy (non-hydrogen) atoms. The Kier molecular flexibility index (Phi) is 4.67. The minimum atomic E-state index is -0.326. The van der Waals surface area contributed by atoms with Crippen LogP contribution in [0.2, 0.25) is 0 Å². The van der Waals surface area contributed by atoms with Crippen molar-refractivity contribution in [3.63, 3.8) is 0 Å². The average molecular weight is 364 g/mol. The first-order valence-corrected chi connectivity index (χ1v) is 8.99. The maximum Gasteiger partial charge on any atom is 0.410 e. The summed E-state index contributed by atoms with van der Waals surface area (Å²) in [6.07, 6.45) is 2.98. The van der Waals surface area contributed by atoms with Crippen molar-refractivity contribution >= 4 is 17.0 Å². The molecular weight excluding hydrogens is 343 g/mol. The van der Waals surface area contributed by atoms with Gasteiger partial charge in [0.1, 0.15) is 12.4 Å². The molecule has 2 aromatic carbocycles. The Hall–Kier alpha value is -3.08. The van der Waals surface area contributed by atoms with E-state index in [0.717, 1.165) is 34.0 Å². The van der Waals surface area contributed by atoms with Crippen molar-refractivity contribution in [2.75, 3.05) is 6.54 Å². The lowest BCUT2D eigenvalue weighted by Crippen LogP contribution is -2.37. The third-order valence-electron chi connectivity index (χ3n) is 4.98. The van der Waals surface area contributed by atoms with E-state index in [-0.39, 0.29) is 24.6 Å². The number of ether oxygens (including phenoxy) is 1. The first-order valence-electron chi connectivity index (χ1n) is 8.99. The number of H-pyrrole nitrogens is 1. The van der Waals surface area contributed by atoms with Crippen LogP contribution in [0.3, 0.4) is 0 Å². The van der Waals surface area contributed by atoms with E-state index >= 15 is 0 Å². The molecule has 2 heterocycles. The number of aromatic nitrogens is 1. The molecule has 4 nitrogen and oxygen atoms in total. The molecule has 1 N–H and O–H groups in total. The fourth-order valence-electron chi connectivity index (χ4n) is 3.66. The van der Waals surface area contributed by atoms with E-state index in [0.29, 0.717) is 13.0 Å². The van der Waals surface area contributed by atoms with Crippen LogP contribution >= 0.6 is 0 Å². The number of likely N-dealkylation sites (tertiary alicyclic amines) is 1. The minimum Gasteiger partial charge on any atom is -0.445 e. The Morgan fingerprint density at radius 2 is 2.07 bits per heavy atom. The van der Waals surface area contributed by atoms with E-state index in [9.17, 15) is 9.18 Å². The zero-order valence-corrected chi connectivity index (χ0v) is 15.0. The highest BCUT2D eigenvalue weighted by atomic mass is 19.1. The van der Waals surface area contributed by atoms with Crippen LogP contribution in [0.1, 0.15) is 17.5 Å². The number of nitrogens with zero attached hydrogens (tertiary/aromatic N) is 1. The zero-order chi connectivity index (χ0) is 18.8. The van der Waals surface area contributed by atoms with Crippen molar-refractivity contribution in [2.45, 2.75) is 25.5 Å². The average Bonchev–Trinajstić information content (AvgIpc) is 3.24. The topological polar surface area (TPSA) is 45.3 Å². The predicted molar refractivity (Wildman–Crippen MR) is 103 cm³/mol. The van der Waals surface area contributed by atoms with Gasteiger partial charge in [0.05, 0.1) is 0 Å². The Labute approximate surface area is 157 Å². The second-order valence-corrected chi connectivity index (χ2v) is 6.98.